The van der Waals surface area contributed by atoms with E-state index >= 15 is 0 Å². The summed E-state index contributed by atoms with van der Waals surface area (Å²) < 4.78 is 5.59. The molecule has 120 valence electrons. The monoisotopic (exact) mass is 298 g/mol. The van der Waals surface area contributed by atoms with Gasteiger partial charge < -0.3 is 19.6 Å². The van der Waals surface area contributed by atoms with Crippen LogP contribution >= 0.6 is 0 Å². The van der Waals surface area contributed by atoms with Crippen molar-refractivity contribution in [2.24, 2.45) is 5.41 Å². The molecule has 2 saturated heterocycles. The van der Waals surface area contributed by atoms with Gasteiger partial charge in [-0.15, -0.1) is 0 Å². The SMILES string of the molecule is CCC1CN(C(=O)N2CCCC(CC)(C(=O)O)C2)CCO1. The van der Waals surface area contributed by atoms with Gasteiger partial charge in [0.2, 0.25) is 0 Å². The molecule has 0 aromatic carbocycles. The zero-order chi connectivity index (χ0) is 15.5. The Morgan fingerprint density at radius 1 is 1.29 bits per heavy atom. The first-order valence-corrected chi connectivity index (χ1v) is 7.91. The van der Waals surface area contributed by atoms with Gasteiger partial charge in [0.25, 0.3) is 0 Å². The number of nitrogens with zero attached hydrogens (tertiary/aromatic N) is 2. The highest BCUT2D eigenvalue weighted by molar-refractivity contribution is 5.79. The van der Waals surface area contributed by atoms with Crippen molar-refractivity contribution in [2.75, 3.05) is 32.8 Å². The lowest BCUT2D eigenvalue weighted by atomic mass is 9.78. The van der Waals surface area contributed by atoms with E-state index in [0.717, 1.165) is 12.8 Å². The Hall–Kier alpha value is -1.30. The van der Waals surface area contributed by atoms with E-state index in [-0.39, 0.29) is 12.1 Å². The molecule has 0 bridgehead atoms. The zero-order valence-electron chi connectivity index (χ0n) is 13.0. The number of carbonyl (C=O) groups excluding carboxylic acids is 1. The Bertz CT molecular complexity index is 401. The molecular weight excluding hydrogens is 272 g/mol. The molecular formula is C15H26N2O4. The van der Waals surface area contributed by atoms with Crippen molar-refractivity contribution in [2.45, 2.75) is 45.6 Å². The number of carboxylic acids is 1. The Kier molecular flexibility index (Phi) is 5.08. The van der Waals surface area contributed by atoms with Crippen molar-refractivity contribution in [1.29, 1.82) is 0 Å². The number of hydrogen-bond donors (Lipinski definition) is 1. The normalized spacial score (nSPS) is 30.3. The number of carbonyl (C=O) groups is 2. The van der Waals surface area contributed by atoms with E-state index < -0.39 is 11.4 Å². The average Bonchev–Trinajstić information content (AvgIpc) is 2.54. The summed E-state index contributed by atoms with van der Waals surface area (Å²) in [5.74, 6) is -0.782. The van der Waals surface area contributed by atoms with Gasteiger partial charge in [-0.1, -0.05) is 13.8 Å². The highest BCUT2D eigenvalue weighted by Gasteiger charge is 2.43. The van der Waals surface area contributed by atoms with E-state index in [2.05, 4.69) is 0 Å². The largest absolute Gasteiger partial charge is 0.481 e. The van der Waals surface area contributed by atoms with E-state index in [4.69, 9.17) is 4.74 Å². The maximum atomic E-state index is 12.6. The number of carboxylic acid groups (broad SMARTS) is 1. The Morgan fingerprint density at radius 3 is 2.67 bits per heavy atom. The van der Waals surface area contributed by atoms with E-state index in [1.54, 1.807) is 4.90 Å². The summed E-state index contributed by atoms with van der Waals surface area (Å²) in [6.45, 7) is 6.69. The maximum Gasteiger partial charge on any atom is 0.320 e. The van der Waals surface area contributed by atoms with Crippen LogP contribution in [0.4, 0.5) is 4.79 Å². The molecule has 2 rings (SSSR count). The van der Waals surface area contributed by atoms with E-state index in [9.17, 15) is 14.7 Å². The fourth-order valence-corrected chi connectivity index (χ4v) is 3.25. The van der Waals surface area contributed by atoms with Crippen molar-refractivity contribution in [3.05, 3.63) is 0 Å². The van der Waals surface area contributed by atoms with E-state index in [1.165, 1.54) is 0 Å². The van der Waals surface area contributed by atoms with Gasteiger partial charge in [-0.3, -0.25) is 4.79 Å². The van der Waals surface area contributed by atoms with Crippen LogP contribution in [0.5, 0.6) is 0 Å². The van der Waals surface area contributed by atoms with Crippen LogP contribution in [0.25, 0.3) is 0 Å². The first-order chi connectivity index (χ1) is 10.0. The number of ether oxygens (including phenoxy) is 1. The molecule has 0 radical (unpaired) electrons. The zero-order valence-corrected chi connectivity index (χ0v) is 13.0. The minimum atomic E-state index is -0.782. The maximum absolute atomic E-state index is 12.6. The molecule has 2 aliphatic rings. The van der Waals surface area contributed by atoms with Gasteiger partial charge in [-0.05, 0) is 25.7 Å². The third-order valence-electron chi connectivity index (χ3n) is 4.84. The fraction of sp³-hybridized carbons (Fsp3) is 0.867. The summed E-state index contributed by atoms with van der Waals surface area (Å²) >= 11 is 0. The molecule has 2 amide bonds. The number of aliphatic carboxylic acids is 1. The summed E-state index contributed by atoms with van der Waals surface area (Å²) in [6, 6.07) is -0.0319. The molecule has 6 nitrogen and oxygen atoms in total. The van der Waals surface area contributed by atoms with Gasteiger partial charge in [0, 0.05) is 26.2 Å². The third-order valence-corrected chi connectivity index (χ3v) is 4.84. The standard InChI is InChI=1S/C15H26N2O4/c1-3-12-10-16(8-9-21-12)14(20)17-7-5-6-15(4-2,11-17)13(18)19/h12H,3-11H2,1-2H3,(H,18,19). The smallest absolute Gasteiger partial charge is 0.320 e. The molecule has 21 heavy (non-hydrogen) atoms. The number of amides is 2. The number of morpholine rings is 1. The van der Waals surface area contributed by atoms with Crippen molar-refractivity contribution >= 4 is 12.0 Å². The van der Waals surface area contributed by atoms with Crippen molar-refractivity contribution in [3.8, 4) is 0 Å². The van der Waals surface area contributed by atoms with Crippen molar-refractivity contribution < 1.29 is 19.4 Å². The van der Waals surface area contributed by atoms with Gasteiger partial charge in [-0.25, -0.2) is 4.79 Å². The predicted octanol–water partition coefficient (Wildman–Crippen LogP) is 1.79. The highest BCUT2D eigenvalue weighted by Crippen LogP contribution is 2.34. The molecule has 6 heteroatoms. The predicted molar refractivity (Wildman–Crippen MR) is 78.2 cm³/mol. The number of urea groups is 1. The van der Waals surface area contributed by atoms with E-state index in [1.807, 2.05) is 18.7 Å². The second-order valence-corrected chi connectivity index (χ2v) is 6.09. The van der Waals surface area contributed by atoms with Crippen LogP contribution in [0.2, 0.25) is 0 Å². The summed E-state index contributed by atoms with van der Waals surface area (Å²) in [4.78, 5) is 27.8. The number of likely N-dealkylation sites (tertiary alicyclic amines) is 1. The second-order valence-electron chi connectivity index (χ2n) is 6.09. The van der Waals surface area contributed by atoms with Gasteiger partial charge >= 0.3 is 12.0 Å². The van der Waals surface area contributed by atoms with Gasteiger partial charge in [-0.2, -0.15) is 0 Å². The number of rotatable bonds is 3. The van der Waals surface area contributed by atoms with Crippen LogP contribution in [-0.4, -0.2) is 65.8 Å². The van der Waals surface area contributed by atoms with Crippen LogP contribution in [0.15, 0.2) is 0 Å². The molecule has 2 unspecified atom stereocenters. The summed E-state index contributed by atoms with van der Waals surface area (Å²) in [5.41, 5.74) is -0.773. The van der Waals surface area contributed by atoms with Gasteiger partial charge in [0.05, 0.1) is 18.1 Å². The van der Waals surface area contributed by atoms with Crippen LogP contribution in [-0.2, 0) is 9.53 Å². The molecule has 0 aromatic rings. The fourth-order valence-electron chi connectivity index (χ4n) is 3.25. The van der Waals surface area contributed by atoms with Crippen molar-refractivity contribution in [3.63, 3.8) is 0 Å². The topological polar surface area (TPSA) is 70.1 Å². The average molecular weight is 298 g/mol. The molecule has 2 heterocycles. The molecule has 2 fully saturated rings. The Morgan fingerprint density at radius 2 is 2.05 bits per heavy atom. The summed E-state index contributed by atoms with van der Waals surface area (Å²) in [5, 5.41) is 9.51. The molecule has 2 atom stereocenters. The summed E-state index contributed by atoms with van der Waals surface area (Å²) in [6.07, 6.45) is 2.96. The minimum absolute atomic E-state index is 0.0319. The lowest BCUT2D eigenvalue weighted by Gasteiger charge is -2.42. The molecule has 2 aliphatic heterocycles. The van der Waals surface area contributed by atoms with Gasteiger partial charge in [0.15, 0.2) is 0 Å². The Labute approximate surface area is 126 Å². The summed E-state index contributed by atoms with van der Waals surface area (Å²) in [7, 11) is 0. The first kappa shape index (κ1) is 16.1. The number of hydrogen-bond acceptors (Lipinski definition) is 3. The highest BCUT2D eigenvalue weighted by atomic mass is 16.5. The second kappa shape index (κ2) is 6.64. The van der Waals surface area contributed by atoms with Crippen LogP contribution in [0.1, 0.15) is 39.5 Å². The minimum Gasteiger partial charge on any atom is -0.481 e. The third kappa shape index (κ3) is 3.31. The lowest BCUT2D eigenvalue weighted by molar-refractivity contribution is -0.152. The number of piperidine rings is 1. The van der Waals surface area contributed by atoms with Crippen LogP contribution in [0.3, 0.4) is 0 Å². The quantitative estimate of drug-likeness (QED) is 0.862. The molecule has 0 saturated carbocycles. The van der Waals surface area contributed by atoms with Gasteiger partial charge in [0.1, 0.15) is 0 Å². The molecule has 0 aromatic heterocycles. The molecule has 1 N–H and O–H groups in total. The molecule has 0 spiro atoms. The Balaban J connectivity index is 2.03. The van der Waals surface area contributed by atoms with Crippen LogP contribution < -0.4 is 0 Å². The molecule has 0 aliphatic carbocycles. The lowest BCUT2D eigenvalue weighted by Crippen LogP contribution is -2.56. The first-order valence-electron chi connectivity index (χ1n) is 7.91. The van der Waals surface area contributed by atoms with Crippen molar-refractivity contribution in [1.82, 2.24) is 9.80 Å². The van der Waals surface area contributed by atoms with Crippen LogP contribution in [0, 0.1) is 5.41 Å². The van der Waals surface area contributed by atoms with E-state index in [0.29, 0.717) is 45.6 Å².